The lowest BCUT2D eigenvalue weighted by atomic mass is 10.3. The highest BCUT2D eigenvalue weighted by Gasteiger charge is 2.17. The molecule has 1 rings (SSSR count). The lowest BCUT2D eigenvalue weighted by molar-refractivity contribution is -0.132. The van der Waals surface area contributed by atoms with Gasteiger partial charge in [-0.3, -0.25) is 14.5 Å². The summed E-state index contributed by atoms with van der Waals surface area (Å²) < 4.78 is 0. The monoisotopic (exact) mass is 270 g/mol. The molecule has 1 aliphatic heterocycles. The molecule has 0 aromatic rings. The molecule has 0 unspecified atom stereocenters. The molecule has 0 aromatic heterocycles. The molecule has 1 fully saturated rings. The van der Waals surface area contributed by atoms with E-state index < -0.39 is 0 Å². The number of rotatable bonds is 7. The number of hydrogen-bond acceptors (Lipinski definition) is 4. The van der Waals surface area contributed by atoms with E-state index in [1.165, 1.54) is 0 Å². The van der Waals surface area contributed by atoms with Gasteiger partial charge < -0.3 is 15.5 Å². The van der Waals surface area contributed by atoms with Crippen LogP contribution in [0.1, 0.15) is 20.3 Å². The Morgan fingerprint density at radius 2 is 1.95 bits per heavy atom. The van der Waals surface area contributed by atoms with E-state index in [0.29, 0.717) is 26.1 Å². The standard InChI is InChI=1S/C13H26N4O2/c1-3-15-12(18)11-16(4-2)8-5-13(19)17-9-6-14-7-10-17/h14H,3-11H2,1-2H3,(H,15,18). The van der Waals surface area contributed by atoms with E-state index in [1.807, 2.05) is 23.6 Å². The maximum absolute atomic E-state index is 12.0. The average molecular weight is 270 g/mol. The van der Waals surface area contributed by atoms with Crippen molar-refractivity contribution >= 4 is 11.8 Å². The van der Waals surface area contributed by atoms with Gasteiger partial charge in [0.05, 0.1) is 6.54 Å². The molecule has 19 heavy (non-hydrogen) atoms. The van der Waals surface area contributed by atoms with Crippen LogP contribution in [-0.4, -0.2) is 74.0 Å². The van der Waals surface area contributed by atoms with Gasteiger partial charge in [-0.05, 0) is 13.5 Å². The van der Waals surface area contributed by atoms with E-state index in [-0.39, 0.29) is 11.8 Å². The molecule has 0 bridgehead atoms. The van der Waals surface area contributed by atoms with Gasteiger partial charge in [-0.25, -0.2) is 0 Å². The fraction of sp³-hybridized carbons (Fsp3) is 0.846. The van der Waals surface area contributed by atoms with Crippen LogP contribution in [0, 0.1) is 0 Å². The molecule has 2 N–H and O–H groups in total. The molecule has 0 saturated carbocycles. The van der Waals surface area contributed by atoms with Crippen LogP contribution in [0.2, 0.25) is 0 Å². The molecule has 0 spiro atoms. The second-order valence-corrected chi connectivity index (χ2v) is 4.70. The Bertz CT molecular complexity index is 290. The largest absolute Gasteiger partial charge is 0.355 e. The van der Waals surface area contributed by atoms with Gasteiger partial charge in [0.25, 0.3) is 0 Å². The highest BCUT2D eigenvalue weighted by molar-refractivity contribution is 5.78. The number of piperazine rings is 1. The van der Waals surface area contributed by atoms with Gasteiger partial charge in [0.1, 0.15) is 0 Å². The van der Waals surface area contributed by atoms with E-state index in [0.717, 1.165) is 32.7 Å². The lowest BCUT2D eigenvalue weighted by Crippen LogP contribution is -2.47. The van der Waals surface area contributed by atoms with Crippen LogP contribution in [0.25, 0.3) is 0 Å². The van der Waals surface area contributed by atoms with E-state index >= 15 is 0 Å². The van der Waals surface area contributed by atoms with Crippen LogP contribution in [0.5, 0.6) is 0 Å². The minimum atomic E-state index is 0.0268. The predicted octanol–water partition coefficient (Wildman–Crippen LogP) is -0.734. The highest BCUT2D eigenvalue weighted by Crippen LogP contribution is 1.99. The topological polar surface area (TPSA) is 64.7 Å². The van der Waals surface area contributed by atoms with E-state index in [1.54, 1.807) is 0 Å². The number of likely N-dealkylation sites (N-methyl/N-ethyl adjacent to an activating group) is 2. The first-order valence-electron chi connectivity index (χ1n) is 7.14. The molecule has 0 aliphatic carbocycles. The van der Waals surface area contributed by atoms with Crippen LogP contribution >= 0.6 is 0 Å². The van der Waals surface area contributed by atoms with Crippen LogP contribution < -0.4 is 10.6 Å². The summed E-state index contributed by atoms with van der Waals surface area (Å²) in [6.45, 7) is 9.71. The fourth-order valence-corrected chi connectivity index (χ4v) is 2.13. The van der Waals surface area contributed by atoms with Gasteiger partial charge in [0.15, 0.2) is 0 Å². The van der Waals surface area contributed by atoms with Crippen LogP contribution in [0.3, 0.4) is 0 Å². The summed E-state index contributed by atoms with van der Waals surface area (Å²) in [5, 5.41) is 6.01. The van der Waals surface area contributed by atoms with Crippen molar-refractivity contribution in [2.24, 2.45) is 0 Å². The second kappa shape index (κ2) is 8.87. The number of carbonyl (C=O) groups excluding carboxylic acids is 2. The Labute approximate surface area is 115 Å². The maximum atomic E-state index is 12.0. The summed E-state index contributed by atoms with van der Waals surface area (Å²) in [6.07, 6.45) is 0.493. The molecule has 0 aromatic carbocycles. The normalized spacial score (nSPS) is 15.6. The third-order valence-corrected chi connectivity index (χ3v) is 3.30. The molecule has 6 heteroatoms. The van der Waals surface area contributed by atoms with Crippen molar-refractivity contribution in [1.82, 2.24) is 20.4 Å². The zero-order chi connectivity index (χ0) is 14.1. The van der Waals surface area contributed by atoms with Crippen molar-refractivity contribution in [3.8, 4) is 0 Å². The molecule has 0 atom stereocenters. The summed E-state index contributed by atoms with van der Waals surface area (Å²) in [4.78, 5) is 27.4. The quantitative estimate of drug-likeness (QED) is 0.640. The molecular formula is C13H26N4O2. The third kappa shape index (κ3) is 6.02. The first-order valence-corrected chi connectivity index (χ1v) is 7.14. The van der Waals surface area contributed by atoms with E-state index in [9.17, 15) is 9.59 Å². The zero-order valence-corrected chi connectivity index (χ0v) is 12.1. The molecule has 1 saturated heterocycles. The maximum Gasteiger partial charge on any atom is 0.234 e. The number of amides is 2. The lowest BCUT2D eigenvalue weighted by Gasteiger charge is -2.28. The van der Waals surface area contributed by atoms with Gasteiger partial charge in [-0.1, -0.05) is 6.92 Å². The smallest absolute Gasteiger partial charge is 0.234 e. The minimum absolute atomic E-state index is 0.0268. The molecule has 2 amide bonds. The van der Waals surface area contributed by atoms with Crippen molar-refractivity contribution in [3.63, 3.8) is 0 Å². The number of nitrogens with one attached hydrogen (secondary N) is 2. The number of carbonyl (C=O) groups is 2. The number of nitrogens with zero attached hydrogens (tertiary/aromatic N) is 2. The Hall–Kier alpha value is -1.14. The zero-order valence-electron chi connectivity index (χ0n) is 12.1. The van der Waals surface area contributed by atoms with Crippen molar-refractivity contribution in [2.75, 3.05) is 52.4 Å². The Kier molecular flexibility index (Phi) is 7.43. The molecular weight excluding hydrogens is 244 g/mol. The minimum Gasteiger partial charge on any atom is -0.355 e. The van der Waals surface area contributed by atoms with Gasteiger partial charge in [0.2, 0.25) is 11.8 Å². The Morgan fingerprint density at radius 3 is 2.53 bits per heavy atom. The summed E-state index contributed by atoms with van der Waals surface area (Å²) >= 11 is 0. The van der Waals surface area contributed by atoms with Crippen LogP contribution in [0.4, 0.5) is 0 Å². The summed E-state index contributed by atoms with van der Waals surface area (Å²) in [6, 6.07) is 0. The van der Waals surface area contributed by atoms with Gasteiger partial charge >= 0.3 is 0 Å². The predicted molar refractivity (Wildman–Crippen MR) is 74.9 cm³/mol. The third-order valence-electron chi connectivity index (χ3n) is 3.30. The summed E-state index contributed by atoms with van der Waals surface area (Å²) in [7, 11) is 0. The van der Waals surface area contributed by atoms with E-state index in [2.05, 4.69) is 10.6 Å². The van der Waals surface area contributed by atoms with Crippen LogP contribution in [0.15, 0.2) is 0 Å². The second-order valence-electron chi connectivity index (χ2n) is 4.70. The number of hydrogen-bond donors (Lipinski definition) is 2. The van der Waals surface area contributed by atoms with Gasteiger partial charge in [-0.2, -0.15) is 0 Å². The summed E-state index contributed by atoms with van der Waals surface area (Å²) in [5.74, 6) is 0.217. The first kappa shape index (κ1) is 15.9. The van der Waals surface area contributed by atoms with Crippen molar-refractivity contribution in [2.45, 2.75) is 20.3 Å². The molecule has 1 heterocycles. The molecule has 110 valence electrons. The van der Waals surface area contributed by atoms with Crippen molar-refractivity contribution in [1.29, 1.82) is 0 Å². The van der Waals surface area contributed by atoms with Gasteiger partial charge in [-0.15, -0.1) is 0 Å². The SMILES string of the molecule is CCNC(=O)CN(CC)CCC(=O)N1CCNCC1. The molecule has 6 nitrogen and oxygen atoms in total. The van der Waals surface area contributed by atoms with Crippen molar-refractivity contribution < 1.29 is 9.59 Å². The average Bonchev–Trinajstić information content (AvgIpc) is 2.44. The Balaban J connectivity index is 2.27. The van der Waals surface area contributed by atoms with Gasteiger partial charge in [0, 0.05) is 45.7 Å². The first-order chi connectivity index (χ1) is 9.17. The highest BCUT2D eigenvalue weighted by atomic mass is 16.2. The fourth-order valence-electron chi connectivity index (χ4n) is 2.13. The van der Waals surface area contributed by atoms with Crippen LogP contribution in [-0.2, 0) is 9.59 Å². The molecule has 0 radical (unpaired) electrons. The summed E-state index contributed by atoms with van der Waals surface area (Å²) in [5.41, 5.74) is 0. The Morgan fingerprint density at radius 1 is 1.26 bits per heavy atom. The van der Waals surface area contributed by atoms with Crippen molar-refractivity contribution in [3.05, 3.63) is 0 Å². The molecule has 1 aliphatic rings. The van der Waals surface area contributed by atoms with E-state index in [4.69, 9.17) is 0 Å².